The van der Waals surface area contributed by atoms with E-state index in [0.717, 1.165) is 0 Å². The summed E-state index contributed by atoms with van der Waals surface area (Å²) in [6.45, 7) is -16.5. The number of hydrogen-bond acceptors (Lipinski definition) is 61. The van der Waals surface area contributed by atoms with E-state index in [1.165, 1.54) is 0 Å². The molecule has 9 aliphatic heterocycles. The first-order valence-corrected chi connectivity index (χ1v) is 38.9. The average molecular weight is 1860 g/mol. The molecule has 0 aromatic carbocycles. The van der Waals surface area contributed by atoms with Crippen LogP contribution in [-0.4, -0.2) is 523 Å². The summed E-state index contributed by atoms with van der Waals surface area (Å²) in [6, 6.07) is -15.8. The van der Waals surface area contributed by atoms with Crippen LogP contribution < -0.4 is 51.6 Å². The lowest BCUT2D eigenvalue weighted by atomic mass is 9.93. The number of hydrogen-bond donors (Lipinski definition) is 34. The van der Waals surface area contributed by atoms with Gasteiger partial charge in [0.2, 0.25) is 0 Å². The zero-order valence-corrected chi connectivity index (χ0v) is 66.5. The van der Waals surface area contributed by atoms with Crippen molar-refractivity contribution in [1.82, 2.24) is 0 Å². The minimum absolute atomic E-state index is 0.883. The molecule has 0 saturated carbocycles. The zero-order valence-electron chi connectivity index (χ0n) is 66.5. The number of aliphatic hydroxyl groups is 25. The Morgan fingerprint density at radius 3 is 0.709 bits per heavy atom. The van der Waals surface area contributed by atoms with Crippen LogP contribution in [-0.2, 0) is 128 Å². The second kappa shape index (κ2) is 44.4. The maximum atomic E-state index is 14.2. The van der Waals surface area contributed by atoms with Crippen LogP contribution in [0.1, 0.15) is 12.8 Å². The third kappa shape index (κ3) is 22.6. The number of rotatable bonds is 35. The Hall–Kier alpha value is -5.14. The van der Waals surface area contributed by atoms with E-state index in [9.17, 15) is 156 Å². The molecule has 61 heteroatoms. The summed E-state index contributed by atoms with van der Waals surface area (Å²) in [5.74, 6) is -22.0. The van der Waals surface area contributed by atoms with Gasteiger partial charge in [0.1, 0.15) is 166 Å². The Balaban J connectivity index is 0.888. The molecule has 0 aromatic rings. The third-order valence-electron chi connectivity index (χ3n) is 22.4. The van der Waals surface area contributed by atoms with Gasteiger partial charge in [-0.3, -0.25) is 9.59 Å². The zero-order chi connectivity index (χ0) is 94.5. The fraction of sp³-hybridized carbons (Fsp3) is 0.909. The van der Waals surface area contributed by atoms with Gasteiger partial charge in [0, 0.05) is 0 Å². The van der Waals surface area contributed by atoms with E-state index in [1.54, 1.807) is 0 Å². The predicted molar refractivity (Wildman–Crippen MR) is 384 cm³/mol. The van der Waals surface area contributed by atoms with Gasteiger partial charge in [-0.05, 0) is 0 Å². The number of carbonyl (C=O) groups excluding carboxylic acids is 6. The highest BCUT2D eigenvalue weighted by molar-refractivity contribution is 5.91. The summed E-state index contributed by atoms with van der Waals surface area (Å²) >= 11 is 0. The fourth-order valence-electron chi connectivity index (χ4n) is 14.9. The Bertz CT molecular complexity index is 3420. The smallest absolute Gasteiger partial charge is 0.346 e. The summed E-state index contributed by atoms with van der Waals surface area (Å²) < 4.78 is 114. The van der Waals surface area contributed by atoms with E-state index in [-0.39, 0.29) is 0 Å². The average Bonchev–Trinajstić information content (AvgIpc) is 0.762. The minimum Gasteiger partial charge on any atom is -0.454 e. The molecule has 9 fully saturated rings. The number of aliphatic hydroxyl groups excluding tert-OH is 24. The molecular formula is C66H113N9O52. The molecule has 0 spiro atoms. The molecule has 0 amide bonds. The van der Waals surface area contributed by atoms with E-state index < -0.39 is 408 Å². The van der Waals surface area contributed by atoms with Crippen molar-refractivity contribution in [2.24, 2.45) is 51.6 Å². The van der Waals surface area contributed by atoms with Crippen LogP contribution in [0, 0.1) is 0 Å². The van der Waals surface area contributed by atoms with Crippen LogP contribution in [0.2, 0.25) is 0 Å². The van der Waals surface area contributed by atoms with Crippen LogP contribution in [0.25, 0.3) is 0 Å². The summed E-state index contributed by atoms with van der Waals surface area (Å²) in [5, 5.41) is 269. The van der Waals surface area contributed by atoms with E-state index in [1.807, 2.05) is 0 Å². The summed E-state index contributed by atoms with van der Waals surface area (Å²) in [5.41, 5.74) is 50.5. The largest absolute Gasteiger partial charge is 0.454 e. The minimum atomic E-state index is -3.85. The van der Waals surface area contributed by atoms with Gasteiger partial charge in [0.05, 0.1) is 107 Å². The van der Waals surface area contributed by atoms with Crippen LogP contribution >= 0.6 is 0 Å². The first-order chi connectivity index (χ1) is 59.7. The van der Waals surface area contributed by atoms with Crippen LogP contribution in [0.3, 0.4) is 0 Å². The molecule has 9 rings (SSSR count). The molecule has 43 N–H and O–H groups in total. The molecule has 6 unspecified atom stereocenters. The third-order valence-corrected chi connectivity index (χ3v) is 22.4. The normalized spacial score (nSPS) is 46.7. The standard InChI is InChI=1S/C66H113N9O52/c67-26-35(90)44(15(3-76)110-53(26)102)116-56-29(70)38(93)47(18(6-79)113-56)119-59-32(73)41(96)50(99)64(12-82,125-59)122-23(87)9-107-21(85)1-63(106,62(105)109-11-25(89)124-66(14-84)52(101)43(98)34(75)61(127-66)121-49-20(8-81)115-58(31(72)40(49)95)118-46-17(5-78)112-55(104)28(69)37(46)92)2-22(86)108-10-24(88)123-65(13-83)51(100)42(97)33(74)60(126-65)120-48-19(7-80)114-57(30(71)39(48)94)117-45-16(4-77)111-54(103)27(68)36(45)91/h15-20,26-61,76-84,90-104,106H,1-14,67-75H2/t15-,16-,17-,18-,19-,20-,26-,27-,28-,29-,30-,31-,32-,33-,34-,35-,36-,37-,38-,39-,40-,41-,42-,43-,44?,45?,46?,47?,48?,49?,50+,51+,52+,53-,54-,55-,56+,57+,58+,59+,60+,61+,63?,64+,65+,66+/m1/s1. The Morgan fingerprint density at radius 2 is 0.480 bits per heavy atom. The van der Waals surface area contributed by atoms with Gasteiger partial charge >= 0.3 is 35.8 Å². The second-order valence-electron chi connectivity index (χ2n) is 31.0. The Labute approximate surface area is 714 Å². The molecule has 61 nitrogen and oxygen atoms in total. The highest BCUT2D eigenvalue weighted by atomic mass is 16.8. The van der Waals surface area contributed by atoms with Crippen LogP contribution in [0.15, 0.2) is 0 Å². The van der Waals surface area contributed by atoms with Crippen molar-refractivity contribution in [3.8, 4) is 0 Å². The monoisotopic (exact) mass is 1860 g/mol. The Morgan fingerprint density at radius 1 is 0.276 bits per heavy atom. The lowest BCUT2D eigenvalue weighted by Gasteiger charge is -2.50. The van der Waals surface area contributed by atoms with Crippen molar-refractivity contribution in [1.29, 1.82) is 0 Å². The summed E-state index contributed by atoms with van der Waals surface area (Å²) in [6.07, 6.45) is -68.7. The van der Waals surface area contributed by atoms with E-state index >= 15 is 0 Å². The number of esters is 6. The maximum Gasteiger partial charge on any atom is 0.346 e. The van der Waals surface area contributed by atoms with Gasteiger partial charge in [-0.1, -0.05) is 0 Å². The molecular weight excluding hydrogens is 1750 g/mol. The lowest BCUT2D eigenvalue weighted by molar-refractivity contribution is -0.399. The van der Waals surface area contributed by atoms with Gasteiger partial charge in [0.15, 0.2) is 82.0 Å². The molecule has 127 heavy (non-hydrogen) atoms. The fourth-order valence-corrected chi connectivity index (χ4v) is 14.9. The van der Waals surface area contributed by atoms with Crippen molar-refractivity contribution >= 4 is 35.8 Å². The SMILES string of the molecule is N[C@H]1[C@@H](OC2[C@@H](CO)O[C@@H](OC3[C@@H](CO)O[C@@H](O)[C@H](N)[C@H]3O)[C@H](N)[C@H]2O)O[C@](CO)(OC(=O)COC(=O)CC(O)(CC(=O)OCC(=O)O[C@@]2(CO)O[C@H](OC3[C@@H](CO)O[C@@H](OC4[C@@H](CO)O[C@@H](O)[C@H](N)[C@H]4O)[C@H](N)[C@H]3O)[C@H](N)[C@@H](O)[C@@H]2O)C(=O)OCC(=O)O[C@@]2(CO)O[C@H](OC3[C@@H](CO)O[C@@H](OC4[C@@H](CO)O[C@@H](O)[C@H](N)[C@H]4O)[C@H](N)[C@H]3O)[C@H](N)[C@@H](O)[C@@H]2O)[C@@H](O)[C@@H]1O. The first-order valence-electron chi connectivity index (χ1n) is 38.9. The second-order valence-corrected chi connectivity index (χ2v) is 31.0. The lowest BCUT2D eigenvalue weighted by Crippen LogP contribution is -2.72. The van der Waals surface area contributed by atoms with E-state index in [2.05, 4.69) is 0 Å². The molecule has 0 aromatic heterocycles. The molecule has 0 bridgehead atoms. The van der Waals surface area contributed by atoms with Gasteiger partial charge in [-0.2, -0.15) is 0 Å². The van der Waals surface area contributed by atoms with Crippen LogP contribution in [0.5, 0.6) is 0 Å². The van der Waals surface area contributed by atoms with Crippen molar-refractivity contribution in [3.63, 3.8) is 0 Å². The highest BCUT2D eigenvalue weighted by Gasteiger charge is 2.64. The van der Waals surface area contributed by atoms with Crippen molar-refractivity contribution < 1.29 is 256 Å². The van der Waals surface area contributed by atoms with Gasteiger partial charge in [-0.15, -0.1) is 0 Å². The predicted octanol–water partition coefficient (Wildman–Crippen LogP) is -26.2. The Kier molecular flexibility index (Phi) is 36.9. The number of nitrogens with two attached hydrogens (primary N) is 9. The maximum absolute atomic E-state index is 14.2. The topological polar surface area (TPSA) is 1040 Å². The molecule has 9 saturated heterocycles. The molecule has 0 radical (unpaired) electrons. The van der Waals surface area contributed by atoms with Gasteiger partial charge in [-0.25, -0.2) is 19.2 Å². The first kappa shape index (κ1) is 106. The van der Waals surface area contributed by atoms with Crippen molar-refractivity contribution in [2.45, 2.75) is 293 Å². The molecule has 9 heterocycles. The van der Waals surface area contributed by atoms with Crippen molar-refractivity contribution in [2.75, 3.05) is 79.3 Å². The quantitative estimate of drug-likeness (QED) is 0.0207. The summed E-state index contributed by atoms with van der Waals surface area (Å²) in [4.78, 5) is 82.9. The van der Waals surface area contributed by atoms with Gasteiger partial charge < -0.3 is 279 Å². The molecule has 0 aliphatic carbocycles. The molecule has 9 aliphatic rings. The van der Waals surface area contributed by atoms with Crippen molar-refractivity contribution in [3.05, 3.63) is 0 Å². The van der Waals surface area contributed by atoms with Gasteiger partial charge in [0.25, 0.3) is 17.4 Å². The van der Waals surface area contributed by atoms with E-state index in [0.29, 0.717) is 0 Å². The van der Waals surface area contributed by atoms with Crippen LogP contribution in [0.4, 0.5) is 0 Å². The number of carbonyl (C=O) groups is 6. The summed E-state index contributed by atoms with van der Waals surface area (Å²) in [7, 11) is 0. The highest BCUT2D eigenvalue weighted by Crippen LogP contribution is 2.41. The molecule has 45 atom stereocenters. The number of ether oxygens (including phenoxy) is 21. The molecule has 734 valence electrons. The van der Waals surface area contributed by atoms with E-state index in [4.69, 9.17) is 151 Å².